The number of hydrogen-bond acceptors (Lipinski definition) is 4. The molecule has 96 valence electrons. The van der Waals surface area contributed by atoms with E-state index in [0.29, 0.717) is 16.9 Å². The van der Waals surface area contributed by atoms with E-state index < -0.39 is 0 Å². The first-order valence-electron chi connectivity index (χ1n) is 6.27. The highest BCUT2D eigenvalue weighted by molar-refractivity contribution is 5.82. The number of unbranched alkanes of at least 4 members (excludes halogenated alkanes) is 1. The van der Waals surface area contributed by atoms with Gasteiger partial charge < -0.3 is 9.73 Å². The van der Waals surface area contributed by atoms with Gasteiger partial charge in [-0.1, -0.05) is 19.4 Å². The van der Waals surface area contributed by atoms with Crippen molar-refractivity contribution in [3.63, 3.8) is 0 Å². The summed E-state index contributed by atoms with van der Waals surface area (Å²) in [5.74, 6) is 0. The number of aryl methyl sites for hydroxylation is 2. The number of fused-ring (bicyclic) bond motifs is 1. The van der Waals surface area contributed by atoms with Crippen molar-refractivity contribution in [2.24, 2.45) is 0 Å². The van der Waals surface area contributed by atoms with Crippen LogP contribution in [0.3, 0.4) is 0 Å². The fourth-order valence-corrected chi connectivity index (χ4v) is 2.02. The Morgan fingerprint density at radius 2 is 2.11 bits per heavy atom. The maximum atomic E-state index is 11.9. The van der Waals surface area contributed by atoms with Crippen LogP contribution in [-0.4, -0.2) is 11.5 Å². The lowest BCUT2D eigenvalue weighted by molar-refractivity contribution is 0.515. The molecule has 0 unspecified atom stereocenters. The summed E-state index contributed by atoms with van der Waals surface area (Å²) in [5, 5.41) is 3.61. The lowest BCUT2D eigenvalue weighted by Crippen LogP contribution is -2.10. The molecule has 1 N–H and O–H groups in total. The summed E-state index contributed by atoms with van der Waals surface area (Å²) in [4.78, 5) is 16.3. The Labute approximate surface area is 106 Å². The van der Waals surface area contributed by atoms with Gasteiger partial charge in [0.05, 0.1) is 10.9 Å². The van der Waals surface area contributed by atoms with E-state index in [1.807, 2.05) is 26.0 Å². The molecule has 0 aliphatic rings. The van der Waals surface area contributed by atoms with Crippen LogP contribution in [0.2, 0.25) is 0 Å². The first kappa shape index (κ1) is 12.6. The van der Waals surface area contributed by atoms with Gasteiger partial charge >= 0.3 is 5.63 Å². The molecule has 0 saturated heterocycles. The molecule has 0 saturated carbocycles. The zero-order valence-electron chi connectivity index (χ0n) is 11.0. The number of nitrogens with one attached hydrogen (secondary N) is 1. The first-order valence-corrected chi connectivity index (χ1v) is 6.27. The van der Waals surface area contributed by atoms with Crippen LogP contribution in [0.25, 0.3) is 10.9 Å². The molecule has 0 aliphatic carbocycles. The fraction of sp³-hybridized carbons (Fsp3) is 0.429. The van der Waals surface area contributed by atoms with Crippen molar-refractivity contribution in [3.8, 4) is 0 Å². The van der Waals surface area contributed by atoms with E-state index in [-0.39, 0.29) is 5.63 Å². The predicted molar refractivity (Wildman–Crippen MR) is 73.2 cm³/mol. The van der Waals surface area contributed by atoms with Crippen molar-refractivity contribution in [1.82, 2.24) is 4.98 Å². The molecule has 1 aromatic heterocycles. The van der Waals surface area contributed by atoms with Crippen molar-refractivity contribution in [1.29, 1.82) is 0 Å². The van der Waals surface area contributed by atoms with Crippen molar-refractivity contribution < 1.29 is 4.42 Å². The van der Waals surface area contributed by atoms with Gasteiger partial charge in [0.25, 0.3) is 6.01 Å². The summed E-state index contributed by atoms with van der Waals surface area (Å²) in [6.45, 7) is 6.77. The SMILES string of the molecule is CCCCNc1nc2cc(C)cc(C)c2c(=O)o1. The van der Waals surface area contributed by atoms with Crippen LogP contribution in [0.4, 0.5) is 6.01 Å². The average molecular weight is 246 g/mol. The fourth-order valence-electron chi connectivity index (χ4n) is 2.02. The van der Waals surface area contributed by atoms with Crippen LogP contribution < -0.4 is 10.9 Å². The van der Waals surface area contributed by atoms with Gasteiger partial charge in [0.1, 0.15) is 0 Å². The molecule has 1 aromatic carbocycles. The van der Waals surface area contributed by atoms with E-state index in [0.717, 1.165) is 30.5 Å². The van der Waals surface area contributed by atoms with Gasteiger partial charge in [-0.3, -0.25) is 0 Å². The third-order valence-corrected chi connectivity index (χ3v) is 2.88. The molecule has 0 aliphatic heterocycles. The quantitative estimate of drug-likeness (QED) is 0.842. The second-order valence-corrected chi connectivity index (χ2v) is 4.56. The monoisotopic (exact) mass is 246 g/mol. The number of rotatable bonds is 4. The maximum Gasteiger partial charge on any atom is 0.348 e. The summed E-state index contributed by atoms with van der Waals surface area (Å²) in [6.07, 6.45) is 2.11. The molecule has 0 fully saturated rings. The minimum Gasteiger partial charge on any atom is -0.389 e. The minimum absolute atomic E-state index is 0.311. The zero-order chi connectivity index (χ0) is 13.1. The topological polar surface area (TPSA) is 55.1 Å². The number of aromatic nitrogens is 1. The highest BCUT2D eigenvalue weighted by atomic mass is 16.4. The summed E-state index contributed by atoms with van der Waals surface area (Å²) in [5.41, 5.74) is 2.38. The highest BCUT2D eigenvalue weighted by Gasteiger charge is 2.08. The smallest absolute Gasteiger partial charge is 0.348 e. The first-order chi connectivity index (χ1) is 8.61. The van der Waals surface area contributed by atoms with Crippen LogP contribution >= 0.6 is 0 Å². The van der Waals surface area contributed by atoms with Crippen molar-refractivity contribution in [2.45, 2.75) is 33.6 Å². The molecular formula is C14H18N2O2. The Morgan fingerprint density at radius 3 is 2.83 bits per heavy atom. The second kappa shape index (κ2) is 5.21. The van der Waals surface area contributed by atoms with E-state index >= 15 is 0 Å². The Kier molecular flexibility index (Phi) is 3.65. The molecule has 2 rings (SSSR count). The number of hydrogen-bond donors (Lipinski definition) is 1. The molecule has 0 spiro atoms. The second-order valence-electron chi connectivity index (χ2n) is 4.56. The van der Waals surface area contributed by atoms with Crippen molar-refractivity contribution >= 4 is 16.9 Å². The molecule has 1 heterocycles. The van der Waals surface area contributed by atoms with Crippen LogP contribution in [0, 0.1) is 13.8 Å². The number of benzene rings is 1. The van der Waals surface area contributed by atoms with E-state index in [1.54, 1.807) is 0 Å². The molecule has 2 aromatic rings. The third kappa shape index (κ3) is 2.53. The largest absolute Gasteiger partial charge is 0.389 e. The third-order valence-electron chi connectivity index (χ3n) is 2.88. The van der Waals surface area contributed by atoms with Gasteiger partial charge in [0.15, 0.2) is 0 Å². The molecule has 0 atom stereocenters. The molecule has 18 heavy (non-hydrogen) atoms. The van der Waals surface area contributed by atoms with E-state index in [4.69, 9.17) is 4.42 Å². The Balaban J connectivity index is 2.45. The lowest BCUT2D eigenvalue weighted by Gasteiger charge is -2.06. The summed E-state index contributed by atoms with van der Waals surface area (Å²) >= 11 is 0. The Bertz CT molecular complexity index is 617. The lowest BCUT2D eigenvalue weighted by atomic mass is 10.1. The van der Waals surface area contributed by atoms with Crippen molar-refractivity contribution in [2.75, 3.05) is 11.9 Å². The number of anilines is 1. The molecule has 0 amide bonds. The standard InChI is InChI=1S/C14H18N2O2/c1-4-5-6-15-14-16-11-8-9(2)7-10(3)12(11)13(17)18-14/h7-8H,4-6H2,1-3H3,(H,15,16). The Hall–Kier alpha value is -1.84. The molecule has 0 bridgehead atoms. The van der Waals surface area contributed by atoms with Crippen LogP contribution in [0.1, 0.15) is 30.9 Å². The van der Waals surface area contributed by atoms with Gasteiger partial charge in [-0.15, -0.1) is 0 Å². The van der Waals surface area contributed by atoms with Gasteiger partial charge in [0.2, 0.25) is 0 Å². The summed E-state index contributed by atoms with van der Waals surface area (Å²) in [6, 6.07) is 4.18. The van der Waals surface area contributed by atoms with Gasteiger partial charge in [-0.25, -0.2) is 4.79 Å². The summed E-state index contributed by atoms with van der Waals surface area (Å²) in [7, 11) is 0. The maximum absolute atomic E-state index is 11.9. The Morgan fingerprint density at radius 1 is 1.33 bits per heavy atom. The normalized spacial score (nSPS) is 10.8. The van der Waals surface area contributed by atoms with E-state index in [1.165, 1.54) is 0 Å². The highest BCUT2D eigenvalue weighted by Crippen LogP contribution is 2.17. The van der Waals surface area contributed by atoms with E-state index in [2.05, 4.69) is 17.2 Å². The van der Waals surface area contributed by atoms with Crippen LogP contribution in [-0.2, 0) is 0 Å². The molecule has 4 nitrogen and oxygen atoms in total. The molecular weight excluding hydrogens is 228 g/mol. The van der Waals surface area contributed by atoms with Gasteiger partial charge in [-0.2, -0.15) is 4.98 Å². The zero-order valence-corrected chi connectivity index (χ0v) is 11.0. The summed E-state index contributed by atoms with van der Waals surface area (Å²) < 4.78 is 5.18. The average Bonchev–Trinajstić information content (AvgIpc) is 2.27. The molecule has 0 radical (unpaired) electrons. The van der Waals surface area contributed by atoms with Crippen molar-refractivity contribution in [3.05, 3.63) is 33.7 Å². The van der Waals surface area contributed by atoms with E-state index in [9.17, 15) is 4.79 Å². The van der Waals surface area contributed by atoms with Crippen LogP contribution in [0.5, 0.6) is 0 Å². The van der Waals surface area contributed by atoms with Crippen LogP contribution in [0.15, 0.2) is 21.3 Å². The van der Waals surface area contributed by atoms with Gasteiger partial charge in [-0.05, 0) is 37.5 Å². The van der Waals surface area contributed by atoms with Gasteiger partial charge in [0, 0.05) is 6.54 Å². The molecule has 4 heteroatoms. The minimum atomic E-state index is -0.323. The number of nitrogens with zero attached hydrogens (tertiary/aromatic N) is 1. The predicted octanol–water partition coefficient (Wildman–Crippen LogP) is 3.02.